The summed E-state index contributed by atoms with van der Waals surface area (Å²) in [6, 6.07) is 22.0. The molecule has 156 valence electrons. The molecule has 0 radical (unpaired) electrons. The second kappa shape index (κ2) is 11.1. The van der Waals surface area contributed by atoms with E-state index in [1.807, 2.05) is 0 Å². The van der Waals surface area contributed by atoms with Crippen LogP contribution in [0.3, 0.4) is 0 Å². The number of likely N-dealkylation sites (N-methyl/N-ethyl adjacent to an activating group) is 1. The summed E-state index contributed by atoms with van der Waals surface area (Å²) in [7, 11) is 0. The maximum atomic E-state index is 11.1. The average Bonchev–Trinajstić information content (AvgIpc) is 2.74. The molecule has 2 aromatic rings. The van der Waals surface area contributed by atoms with E-state index in [1.54, 1.807) is 0 Å². The summed E-state index contributed by atoms with van der Waals surface area (Å²) in [5.41, 5.74) is 2.81. The maximum Gasteiger partial charge on any atom is 0.317 e. The normalized spacial score (nSPS) is 15.8. The Labute approximate surface area is 175 Å². The van der Waals surface area contributed by atoms with Crippen molar-refractivity contribution in [3.05, 3.63) is 71.8 Å². The predicted molar refractivity (Wildman–Crippen MR) is 118 cm³/mol. The largest absolute Gasteiger partial charge is 0.480 e. The monoisotopic (exact) mass is 394 g/mol. The Kier molecular flexibility index (Phi) is 8.26. The van der Waals surface area contributed by atoms with Crippen LogP contribution < -0.4 is 0 Å². The number of hydrogen-bond acceptors (Lipinski definition) is 3. The smallest absolute Gasteiger partial charge is 0.317 e. The number of nitrogens with zero attached hydrogens (tertiary/aromatic N) is 2. The van der Waals surface area contributed by atoms with Crippen molar-refractivity contribution in [3.8, 4) is 0 Å². The molecule has 0 aliphatic carbocycles. The van der Waals surface area contributed by atoms with Crippen LogP contribution in [0.5, 0.6) is 0 Å². The Balaban J connectivity index is 1.58. The van der Waals surface area contributed by atoms with Gasteiger partial charge in [0.2, 0.25) is 0 Å². The predicted octanol–water partition coefficient (Wildman–Crippen LogP) is 3.96. The zero-order valence-corrected chi connectivity index (χ0v) is 17.5. The van der Waals surface area contributed by atoms with Gasteiger partial charge < -0.3 is 10.0 Å². The lowest BCUT2D eigenvalue weighted by molar-refractivity contribution is -0.139. The molecule has 1 aliphatic heterocycles. The molecule has 0 amide bonds. The molecule has 0 saturated carbocycles. The molecule has 1 aliphatic rings. The lowest BCUT2D eigenvalue weighted by atomic mass is 9.91. The molecule has 0 spiro atoms. The number of carboxylic acid groups (broad SMARTS) is 1. The van der Waals surface area contributed by atoms with Crippen LogP contribution in [0, 0.1) is 5.92 Å². The van der Waals surface area contributed by atoms with Crippen LogP contribution >= 0.6 is 0 Å². The molecule has 3 rings (SSSR count). The molecule has 1 heterocycles. The van der Waals surface area contributed by atoms with Gasteiger partial charge in [0, 0.05) is 12.6 Å². The van der Waals surface area contributed by atoms with Crippen LogP contribution in [-0.2, 0) is 17.6 Å². The van der Waals surface area contributed by atoms with Gasteiger partial charge in [0.15, 0.2) is 0 Å². The second-order valence-corrected chi connectivity index (χ2v) is 8.23. The minimum absolute atomic E-state index is 0.159. The third kappa shape index (κ3) is 6.98. The quantitative estimate of drug-likeness (QED) is 0.662. The molecule has 29 heavy (non-hydrogen) atoms. The van der Waals surface area contributed by atoms with Gasteiger partial charge in [0.25, 0.3) is 0 Å². The molecule has 0 aromatic heterocycles. The fraction of sp³-hybridized carbons (Fsp3) is 0.480. The van der Waals surface area contributed by atoms with Gasteiger partial charge in [0.05, 0.1) is 6.54 Å². The topological polar surface area (TPSA) is 43.8 Å². The summed E-state index contributed by atoms with van der Waals surface area (Å²) in [5, 5.41) is 9.14. The van der Waals surface area contributed by atoms with E-state index in [2.05, 4.69) is 77.4 Å². The third-order valence-electron chi connectivity index (χ3n) is 6.07. The Bertz CT molecular complexity index is 686. The van der Waals surface area contributed by atoms with Gasteiger partial charge in [-0.25, -0.2) is 0 Å². The van der Waals surface area contributed by atoms with E-state index >= 15 is 0 Å². The Morgan fingerprint density at radius 3 is 1.97 bits per heavy atom. The fourth-order valence-corrected chi connectivity index (χ4v) is 4.60. The molecule has 4 nitrogen and oxygen atoms in total. The van der Waals surface area contributed by atoms with E-state index in [0.29, 0.717) is 12.0 Å². The first-order valence-corrected chi connectivity index (χ1v) is 10.9. The number of piperidine rings is 1. The van der Waals surface area contributed by atoms with Crippen molar-refractivity contribution in [1.82, 2.24) is 9.80 Å². The van der Waals surface area contributed by atoms with Gasteiger partial charge in [-0.1, -0.05) is 67.6 Å². The van der Waals surface area contributed by atoms with Crippen LogP contribution in [0.4, 0.5) is 0 Å². The minimum Gasteiger partial charge on any atom is -0.480 e. The van der Waals surface area contributed by atoms with Gasteiger partial charge >= 0.3 is 5.97 Å². The van der Waals surface area contributed by atoms with Crippen LogP contribution in [0.1, 0.15) is 30.9 Å². The maximum absolute atomic E-state index is 11.1. The lowest BCUT2D eigenvalue weighted by Crippen LogP contribution is -2.47. The second-order valence-electron chi connectivity index (χ2n) is 8.23. The molecule has 0 unspecified atom stereocenters. The number of hydrogen-bond donors (Lipinski definition) is 1. The highest BCUT2D eigenvalue weighted by molar-refractivity contribution is 5.69. The van der Waals surface area contributed by atoms with Gasteiger partial charge in [-0.05, 0) is 62.4 Å². The van der Waals surface area contributed by atoms with E-state index in [0.717, 1.165) is 51.9 Å². The van der Waals surface area contributed by atoms with E-state index in [1.165, 1.54) is 11.1 Å². The first kappa shape index (κ1) is 21.5. The van der Waals surface area contributed by atoms with Gasteiger partial charge in [0.1, 0.15) is 0 Å². The molecule has 0 atom stereocenters. The van der Waals surface area contributed by atoms with Crippen molar-refractivity contribution < 1.29 is 9.90 Å². The summed E-state index contributed by atoms with van der Waals surface area (Å²) in [4.78, 5) is 15.8. The number of carboxylic acids is 1. The van der Waals surface area contributed by atoms with Crippen molar-refractivity contribution in [1.29, 1.82) is 0 Å². The minimum atomic E-state index is -0.722. The van der Waals surface area contributed by atoms with E-state index in [9.17, 15) is 4.79 Å². The lowest BCUT2D eigenvalue weighted by Gasteiger charge is -2.38. The van der Waals surface area contributed by atoms with Crippen LogP contribution in [0.2, 0.25) is 0 Å². The SMILES string of the molecule is CCN(CC(=O)O)C1CCN(CC(Cc2ccccc2)Cc2ccccc2)CC1. The molecule has 1 fully saturated rings. The summed E-state index contributed by atoms with van der Waals surface area (Å²) in [6.07, 6.45) is 4.31. The summed E-state index contributed by atoms with van der Waals surface area (Å²) in [6.45, 7) is 6.24. The first-order valence-electron chi connectivity index (χ1n) is 10.9. The van der Waals surface area contributed by atoms with Crippen LogP contribution in [0.25, 0.3) is 0 Å². The van der Waals surface area contributed by atoms with E-state index < -0.39 is 5.97 Å². The number of benzene rings is 2. The zero-order chi connectivity index (χ0) is 20.5. The molecule has 0 bridgehead atoms. The van der Waals surface area contributed by atoms with Crippen LogP contribution in [0.15, 0.2) is 60.7 Å². The van der Waals surface area contributed by atoms with E-state index in [-0.39, 0.29) is 6.54 Å². The molecular formula is C25H34N2O2. The van der Waals surface area contributed by atoms with E-state index in [4.69, 9.17) is 5.11 Å². The van der Waals surface area contributed by atoms with Crippen molar-refractivity contribution >= 4 is 5.97 Å². The summed E-state index contributed by atoms with van der Waals surface area (Å²) >= 11 is 0. The fourth-order valence-electron chi connectivity index (χ4n) is 4.60. The number of rotatable bonds is 10. The van der Waals surface area contributed by atoms with Crippen molar-refractivity contribution in [2.45, 2.75) is 38.6 Å². The highest BCUT2D eigenvalue weighted by Gasteiger charge is 2.26. The molecule has 1 saturated heterocycles. The highest BCUT2D eigenvalue weighted by atomic mass is 16.4. The number of likely N-dealkylation sites (tertiary alicyclic amines) is 1. The van der Waals surface area contributed by atoms with Crippen molar-refractivity contribution in [2.24, 2.45) is 5.92 Å². The molecular weight excluding hydrogens is 360 g/mol. The van der Waals surface area contributed by atoms with Gasteiger partial charge in [-0.15, -0.1) is 0 Å². The first-order chi connectivity index (χ1) is 14.1. The van der Waals surface area contributed by atoms with Gasteiger partial charge in [-0.2, -0.15) is 0 Å². The molecule has 2 aromatic carbocycles. The Morgan fingerprint density at radius 2 is 1.52 bits per heavy atom. The van der Waals surface area contributed by atoms with Crippen LogP contribution in [-0.4, -0.2) is 59.6 Å². The Morgan fingerprint density at radius 1 is 1.00 bits per heavy atom. The number of aliphatic carboxylic acids is 1. The summed E-state index contributed by atoms with van der Waals surface area (Å²) < 4.78 is 0. The van der Waals surface area contributed by atoms with Crippen molar-refractivity contribution in [2.75, 3.05) is 32.7 Å². The third-order valence-corrected chi connectivity index (χ3v) is 6.07. The molecule has 4 heteroatoms. The van der Waals surface area contributed by atoms with Crippen molar-refractivity contribution in [3.63, 3.8) is 0 Å². The standard InChI is InChI=1S/C25H34N2O2/c1-2-27(20-25(28)29)24-13-15-26(16-14-24)19-23(17-21-9-5-3-6-10-21)18-22-11-7-4-8-12-22/h3-12,23-24H,2,13-20H2,1H3,(H,28,29). The molecule has 1 N–H and O–H groups in total. The Hall–Kier alpha value is -2.17. The zero-order valence-electron chi connectivity index (χ0n) is 17.5. The average molecular weight is 395 g/mol. The number of carbonyl (C=O) groups is 1. The van der Waals surface area contributed by atoms with Gasteiger partial charge in [-0.3, -0.25) is 9.69 Å². The highest BCUT2D eigenvalue weighted by Crippen LogP contribution is 2.21. The summed E-state index contributed by atoms with van der Waals surface area (Å²) in [5.74, 6) is -0.141.